The molecule has 24 heavy (non-hydrogen) atoms. The molecule has 6 nitrogen and oxygen atoms in total. The summed E-state index contributed by atoms with van der Waals surface area (Å²) in [7, 11) is 0. The molecular weight excluding hydrogens is 324 g/mol. The highest BCUT2D eigenvalue weighted by atomic mass is 32.1. The molecule has 3 rings (SSSR count). The number of anilines is 1. The number of hydrogen-bond donors (Lipinski definition) is 1. The van der Waals surface area contributed by atoms with Gasteiger partial charge in [0.25, 0.3) is 0 Å². The molecule has 2 N–H and O–H groups in total. The smallest absolute Gasteiger partial charge is 0.358 e. The highest BCUT2D eigenvalue weighted by molar-refractivity contribution is 7.12. The molecule has 0 fully saturated rings. The number of rotatable bonds is 3. The van der Waals surface area contributed by atoms with Gasteiger partial charge in [0.2, 0.25) is 5.13 Å². The number of esters is 1. The molecule has 0 aliphatic rings. The van der Waals surface area contributed by atoms with E-state index in [-0.39, 0.29) is 5.69 Å². The number of hydrogen-bond acceptors (Lipinski definition) is 6. The molecule has 0 aliphatic heterocycles. The van der Waals surface area contributed by atoms with Gasteiger partial charge >= 0.3 is 5.97 Å². The van der Waals surface area contributed by atoms with Gasteiger partial charge in [0.1, 0.15) is 11.3 Å². The standard InChI is InChI=1S/C17H18N4O2S/c1-17(2,3)23-15(22)13-10-24-16(19-13)21-9-12(18)14(20-21)11-7-5-4-6-8-11/h4-10H,18H2,1-3H3. The van der Waals surface area contributed by atoms with Crippen LogP contribution in [0.25, 0.3) is 16.4 Å². The van der Waals surface area contributed by atoms with Gasteiger partial charge in [-0.05, 0) is 20.8 Å². The van der Waals surface area contributed by atoms with Crippen molar-refractivity contribution in [1.82, 2.24) is 14.8 Å². The molecule has 1 aromatic carbocycles. The van der Waals surface area contributed by atoms with Gasteiger partial charge in [0.15, 0.2) is 5.69 Å². The first-order valence-corrected chi connectivity index (χ1v) is 8.31. The van der Waals surface area contributed by atoms with Crippen LogP contribution < -0.4 is 5.73 Å². The van der Waals surface area contributed by atoms with Gasteiger partial charge < -0.3 is 10.5 Å². The molecule has 0 radical (unpaired) electrons. The maximum Gasteiger partial charge on any atom is 0.358 e. The van der Waals surface area contributed by atoms with Crippen LogP contribution in [0, 0.1) is 0 Å². The number of ether oxygens (including phenoxy) is 1. The highest BCUT2D eigenvalue weighted by Gasteiger charge is 2.21. The molecule has 3 aromatic rings. The van der Waals surface area contributed by atoms with Crippen molar-refractivity contribution in [3.63, 3.8) is 0 Å². The van der Waals surface area contributed by atoms with E-state index in [9.17, 15) is 4.79 Å². The van der Waals surface area contributed by atoms with Gasteiger partial charge in [-0.2, -0.15) is 5.10 Å². The Morgan fingerprint density at radius 1 is 1.25 bits per heavy atom. The van der Waals surface area contributed by atoms with Crippen LogP contribution in [0.4, 0.5) is 5.69 Å². The quantitative estimate of drug-likeness (QED) is 0.736. The topological polar surface area (TPSA) is 83.0 Å². The number of benzene rings is 1. The zero-order valence-electron chi connectivity index (χ0n) is 13.7. The lowest BCUT2D eigenvalue weighted by atomic mass is 10.1. The minimum atomic E-state index is -0.558. The normalized spacial score (nSPS) is 11.5. The van der Waals surface area contributed by atoms with Crippen LogP contribution in [0.15, 0.2) is 41.9 Å². The second-order valence-corrected chi connectivity index (χ2v) is 7.10. The Labute approximate surface area is 143 Å². The summed E-state index contributed by atoms with van der Waals surface area (Å²) in [6, 6.07) is 9.67. The van der Waals surface area contributed by atoms with E-state index in [1.54, 1.807) is 16.3 Å². The van der Waals surface area contributed by atoms with E-state index < -0.39 is 11.6 Å². The van der Waals surface area contributed by atoms with E-state index in [0.29, 0.717) is 16.5 Å². The Balaban J connectivity index is 1.88. The van der Waals surface area contributed by atoms with E-state index in [2.05, 4.69) is 10.1 Å². The summed E-state index contributed by atoms with van der Waals surface area (Å²) >= 11 is 1.31. The molecule has 0 spiro atoms. The van der Waals surface area contributed by atoms with Gasteiger partial charge in [-0.3, -0.25) is 0 Å². The summed E-state index contributed by atoms with van der Waals surface area (Å²) in [5.74, 6) is -0.451. The first kappa shape index (κ1) is 16.2. The molecule has 2 heterocycles. The van der Waals surface area contributed by atoms with Crippen LogP contribution in [-0.2, 0) is 4.74 Å². The first-order valence-electron chi connectivity index (χ1n) is 7.43. The maximum atomic E-state index is 12.1. The summed E-state index contributed by atoms with van der Waals surface area (Å²) in [4.78, 5) is 16.4. The number of nitrogen functional groups attached to an aromatic ring is 1. The lowest BCUT2D eigenvalue weighted by Crippen LogP contribution is -2.24. The van der Waals surface area contributed by atoms with Crippen molar-refractivity contribution in [3.05, 3.63) is 47.6 Å². The van der Waals surface area contributed by atoms with E-state index in [1.165, 1.54) is 11.3 Å². The Bertz CT molecular complexity index is 862. The summed E-state index contributed by atoms with van der Waals surface area (Å²) < 4.78 is 6.90. The van der Waals surface area contributed by atoms with Crippen molar-refractivity contribution >= 4 is 23.0 Å². The fourth-order valence-corrected chi connectivity index (χ4v) is 2.82. The summed E-state index contributed by atoms with van der Waals surface area (Å²) in [5.41, 5.74) is 7.93. The second-order valence-electron chi connectivity index (χ2n) is 6.26. The predicted octanol–water partition coefficient (Wildman–Crippen LogP) is 3.53. The van der Waals surface area contributed by atoms with Gasteiger partial charge in [0.05, 0.1) is 11.9 Å². The Morgan fingerprint density at radius 2 is 1.96 bits per heavy atom. The highest BCUT2D eigenvalue weighted by Crippen LogP contribution is 2.26. The van der Waals surface area contributed by atoms with E-state index >= 15 is 0 Å². The van der Waals surface area contributed by atoms with Crippen molar-refractivity contribution < 1.29 is 9.53 Å². The third-order valence-electron chi connectivity index (χ3n) is 3.09. The number of carbonyl (C=O) groups excluding carboxylic acids is 1. The summed E-state index contributed by atoms with van der Waals surface area (Å²) in [6.07, 6.45) is 1.69. The lowest BCUT2D eigenvalue weighted by molar-refractivity contribution is 0.00637. The molecule has 7 heteroatoms. The van der Waals surface area contributed by atoms with Crippen molar-refractivity contribution in [2.24, 2.45) is 0 Å². The SMILES string of the molecule is CC(C)(C)OC(=O)c1csc(-n2cc(N)c(-c3ccccc3)n2)n1. The van der Waals surface area contributed by atoms with Gasteiger partial charge in [-0.15, -0.1) is 11.3 Å². The Morgan fingerprint density at radius 3 is 2.62 bits per heavy atom. The van der Waals surface area contributed by atoms with E-state index in [1.807, 2.05) is 51.1 Å². The molecule has 2 aromatic heterocycles. The van der Waals surface area contributed by atoms with Crippen LogP contribution >= 0.6 is 11.3 Å². The van der Waals surface area contributed by atoms with Crippen LogP contribution in [0.2, 0.25) is 0 Å². The van der Waals surface area contributed by atoms with Crippen LogP contribution in [0.3, 0.4) is 0 Å². The summed E-state index contributed by atoms with van der Waals surface area (Å²) in [5, 5.41) is 6.70. The number of thiazole rings is 1. The van der Waals surface area contributed by atoms with E-state index in [0.717, 1.165) is 5.56 Å². The second kappa shape index (κ2) is 6.09. The first-order chi connectivity index (χ1) is 11.3. The zero-order chi connectivity index (χ0) is 17.3. The minimum Gasteiger partial charge on any atom is -0.455 e. The lowest BCUT2D eigenvalue weighted by Gasteiger charge is -2.18. The molecule has 0 amide bonds. The number of carbonyl (C=O) groups is 1. The Kier molecular flexibility index (Phi) is 4.11. The summed E-state index contributed by atoms with van der Waals surface area (Å²) in [6.45, 7) is 5.45. The van der Waals surface area contributed by atoms with Gasteiger partial charge in [-0.25, -0.2) is 14.5 Å². The van der Waals surface area contributed by atoms with Gasteiger partial charge in [-0.1, -0.05) is 30.3 Å². The van der Waals surface area contributed by atoms with Crippen LogP contribution in [0.1, 0.15) is 31.3 Å². The van der Waals surface area contributed by atoms with Gasteiger partial charge in [0, 0.05) is 10.9 Å². The molecule has 0 saturated heterocycles. The fourth-order valence-electron chi connectivity index (χ4n) is 2.10. The van der Waals surface area contributed by atoms with Crippen molar-refractivity contribution in [2.75, 3.05) is 5.73 Å². The predicted molar refractivity (Wildman–Crippen MR) is 94.3 cm³/mol. The monoisotopic (exact) mass is 342 g/mol. The molecule has 0 bridgehead atoms. The number of nitrogens with zero attached hydrogens (tertiary/aromatic N) is 3. The number of aromatic nitrogens is 3. The zero-order valence-corrected chi connectivity index (χ0v) is 14.5. The molecule has 0 unspecified atom stereocenters. The van der Waals surface area contributed by atoms with E-state index in [4.69, 9.17) is 10.5 Å². The van der Waals surface area contributed by atoms with Crippen molar-refractivity contribution in [3.8, 4) is 16.4 Å². The molecule has 0 atom stereocenters. The third-order valence-corrected chi connectivity index (χ3v) is 3.92. The minimum absolute atomic E-state index is 0.264. The molecular formula is C17H18N4O2S. The number of nitrogens with two attached hydrogens (primary N) is 1. The van der Waals surface area contributed by atoms with Crippen LogP contribution in [0.5, 0.6) is 0 Å². The average Bonchev–Trinajstić information content (AvgIpc) is 3.13. The van der Waals surface area contributed by atoms with Crippen LogP contribution in [-0.4, -0.2) is 26.3 Å². The Hall–Kier alpha value is -2.67. The molecule has 124 valence electrons. The third kappa shape index (κ3) is 3.46. The largest absolute Gasteiger partial charge is 0.455 e. The average molecular weight is 342 g/mol. The maximum absolute atomic E-state index is 12.1. The fraction of sp³-hybridized carbons (Fsp3) is 0.235. The van der Waals surface area contributed by atoms with Crippen molar-refractivity contribution in [1.29, 1.82) is 0 Å². The molecule has 0 aliphatic carbocycles. The molecule has 0 saturated carbocycles. The van der Waals surface area contributed by atoms with Crippen molar-refractivity contribution in [2.45, 2.75) is 26.4 Å².